The molecule has 1 amide bonds. The van der Waals surface area contributed by atoms with Crippen molar-refractivity contribution in [1.82, 2.24) is 30.9 Å². The first-order chi connectivity index (χ1) is 10.6. The van der Waals surface area contributed by atoms with Crippen LogP contribution < -0.4 is 16.6 Å². The molecular weight excluding hydrogens is 282 g/mol. The van der Waals surface area contributed by atoms with E-state index in [0.717, 1.165) is 6.54 Å². The number of aromatic amines is 1. The number of nitrogen functional groups attached to an aromatic ring is 1. The Labute approximate surface area is 128 Å². The van der Waals surface area contributed by atoms with E-state index >= 15 is 0 Å². The summed E-state index contributed by atoms with van der Waals surface area (Å²) in [4.78, 5) is 17.8. The maximum absolute atomic E-state index is 12.3. The van der Waals surface area contributed by atoms with Crippen LogP contribution in [-0.4, -0.2) is 46.1 Å². The van der Waals surface area contributed by atoms with Crippen LogP contribution in [0.2, 0.25) is 0 Å². The van der Waals surface area contributed by atoms with E-state index in [0.29, 0.717) is 6.54 Å². The number of hydrazine groups is 1. The molecule has 1 aliphatic heterocycles. The van der Waals surface area contributed by atoms with E-state index in [2.05, 4.69) is 38.2 Å². The highest BCUT2D eigenvalue weighted by Gasteiger charge is 2.30. The monoisotopic (exact) mass is 301 g/mol. The number of aromatic nitrogens is 3. The summed E-state index contributed by atoms with van der Waals surface area (Å²) in [5.41, 5.74) is 13.1. The van der Waals surface area contributed by atoms with Crippen LogP contribution in [0.15, 0.2) is 30.3 Å². The summed E-state index contributed by atoms with van der Waals surface area (Å²) >= 11 is 0. The lowest BCUT2D eigenvalue weighted by Gasteiger charge is -2.24. The maximum atomic E-state index is 12.3. The Bertz CT molecular complexity index is 642. The quantitative estimate of drug-likeness (QED) is 0.628. The highest BCUT2D eigenvalue weighted by molar-refractivity contribution is 5.90. The van der Waals surface area contributed by atoms with Gasteiger partial charge in [-0.05, 0) is 5.56 Å². The Morgan fingerprint density at radius 2 is 2.18 bits per heavy atom. The van der Waals surface area contributed by atoms with E-state index < -0.39 is 0 Å². The molecule has 0 aliphatic carbocycles. The molecule has 0 saturated carbocycles. The zero-order valence-corrected chi connectivity index (χ0v) is 12.3. The number of hydrogen-bond donors (Lipinski definition) is 4. The summed E-state index contributed by atoms with van der Waals surface area (Å²) in [6.07, 6.45) is 0. The number of amides is 1. The number of nitrogens with one attached hydrogen (secondary N) is 3. The molecule has 1 saturated heterocycles. The topological polar surface area (TPSA) is 112 Å². The molecule has 22 heavy (non-hydrogen) atoms. The molecule has 8 nitrogen and oxygen atoms in total. The molecule has 8 heteroatoms. The lowest BCUT2D eigenvalue weighted by Crippen LogP contribution is -2.35. The van der Waals surface area contributed by atoms with Crippen molar-refractivity contribution in [2.75, 3.05) is 25.9 Å². The van der Waals surface area contributed by atoms with Crippen molar-refractivity contribution < 1.29 is 4.79 Å². The SMILES string of the molecule is CN(CC1CNNC1c1ccccc1)C(=O)c1nc(N)n[nH]1. The third-order valence-corrected chi connectivity index (χ3v) is 3.81. The van der Waals surface area contributed by atoms with Crippen LogP contribution in [-0.2, 0) is 0 Å². The van der Waals surface area contributed by atoms with Gasteiger partial charge in [0.05, 0.1) is 6.04 Å². The number of carbonyl (C=O) groups is 1. The number of nitrogens with two attached hydrogens (primary N) is 1. The Hall–Kier alpha value is -2.45. The highest BCUT2D eigenvalue weighted by atomic mass is 16.2. The van der Waals surface area contributed by atoms with Gasteiger partial charge < -0.3 is 10.6 Å². The molecule has 116 valence electrons. The first-order valence-corrected chi connectivity index (χ1v) is 7.12. The van der Waals surface area contributed by atoms with E-state index in [1.165, 1.54) is 5.56 Å². The van der Waals surface area contributed by atoms with Crippen molar-refractivity contribution in [2.45, 2.75) is 6.04 Å². The largest absolute Gasteiger partial charge is 0.366 e. The fourth-order valence-electron chi connectivity index (χ4n) is 2.71. The first kappa shape index (κ1) is 14.5. The predicted octanol–water partition coefficient (Wildman–Crippen LogP) is -0.0758. The second-order valence-electron chi connectivity index (χ2n) is 5.40. The molecule has 2 heterocycles. The molecule has 1 aromatic heterocycles. The van der Waals surface area contributed by atoms with Crippen LogP contribution in [0.1, 0.15) is 22.2 Å². The first-order valence-electron chi connectivity index (χ1n) is 7.12. The predicted molar refractivity (Wildman–Crippen MR) is 81.6 cm³/mol. The fraction of sp³-hybridized carbons (Fsp3) is 0.357. The second kappa shape index (κ2) is 6.12. The molecule has 3 rings (SSSR count). The number of carbonyl (C=O) groups excluding carboxylic acids is 1. The molecule has 0 spiro atoms. The molecule has 0 bridgehead atoms. The molecule has 2 aromatic rings. The van der Waals surface area contributed by atoms with Crippen molar-refractivity contribution in [3.8, 4) is 0 Å². The number of H-pyrrole nitrogens is 1. The number of nitrogens with zero attached hydrogens (tertiary/aromatic N) is 3. The van der Waals surface area contributed by atoms with Crippen molar-refractivity contribution in [3.63, 3.8) is 0 Å². The van der Waals surface area contributed by atoms with Crippen molar-refractivity contribution in [2.24, 2.45) is 5.92 Å². The summed E-state index contributed by atoms with van der Waals surface area (Å²) in [7, 11) is 1.75. The second-order valence-corrected chi connectivity index (χ2v) is 5.40. The van der Waals surface area contributed by atoms with Gasteiger partial charge in [0, 0.05) is 26.1 Å². The molecule has 2 unspecified atom stereocenters. The van der Waals surface area contributed by atoms with Crippen molar-refractivity contribution in [3.05, 3.63) is 41.7 Å². The summed E-state index contributed by atoms with van der Waals surface area (Å²) in [5, 5.41) is 6.23. The van der Waals surface area contributed by atoms with Crippen LogP contribution in [0.25, 0.3) is 0 Å². The minimum Gasteiger partial charge on any atom is -0.366 e. The normalized spacial score (nSPS) is 21.0. The van der Waals surface area contributed by atoms with Gasteiger partial charge >= 0.3 is 0 Å². The van der Waals surface area contributed by atoms with Gasteiger partial charge in [-0.25, -0.2) is 5.43 Å². The van der Waals surface area contributed by atoms with Gasteiger partial charge in [0.2, 0.25) is 11.8 Å². The summed E-state index contributed by atoms with van der Waals surface area (Å²) in [6, 6.07) is 10.3. The van der Waals surface area contributed by atoms with Gasteiger partial charge in [-0.2, -0.15) is 4.98 Å². The smallest absolute Gasteiger partial charge is 0.290 e. The van der Waals surface area contributed by atoms with Crippen LogP contribution in [0, 0.1) is 5.92 Å². The van der Waals surface area contributed by atoms with Gasteiger partial charge in [-0.15, -0.1) is 5.10 Å². The van der Waals surface area contributed by atoms with E-state index in [-0.39, 0.29) is 29.6 Å². The summed E-state index contributed by atoms with van der Waals surface area (Å²) in [6.45, 7) is 1.38. The molecule has 1 aliphatic rings. The molecule has 1 fully saturated rings. The standard InChI is InChI=1S/C14H19N7O/c1-21(13(22)12-17-14(15)20-19-12)8-10-7-16-18-11(10)9-5-3-2-4-6-9/h2-6,10-11,16,18H,7-8H2,1H3,(H3,15,17,19,20). The maximum Gasteiger partial charge on any atom is 0.290 e. The zero-order valence-electron chi connectivity index (χ0n) is 12.3. The Kier molecular flexibility index (Phi) is 4.03. The molecular formula is C14H19N7O. The molecule has 5 N–H and O–H groups in total. The third kappa shape index (κ3) is 2.92. The van der Waals surface area contributed by atoms with E-state index in [1.807, 2.05) is 18.2 Å². The van der Waals surface area contributed by atoms with Crippen LogP contribution >= 0.6 is 0 Å². The highest BCUT2D eigenvalue weighted by Crippen LogP contribution is 2.25. The van der Waals surface area contributed by atoms with Crippen LogP contribution in [0.3, 0.4) is 0 Å². The minimum atomic E-state index is -0.220. The lowest BCUT2D eigenvalue weighted by atomic mass is 9.94. The number of anilines is 1. The van der Waals surface area contributed by atoms with Gasteiger partial charge in [-0.3, -0.25) is 15.3 Å². The molecule has 2 atom stereocenters. The van der Waals surface area contributed by atoms with Gasteiger partial charge in [0.25, 0.3) is 5.91 Å². The Morgan fingerprint density at radius 3 is 2.86 bits per heavy atom. The van der Waals surface area contributed by atoms with Crippen LogP contribution in [0.5, 0.6) is 0 Å². The fourth-order valence-corrected chi connectivity index (χ4v) is 2.71. The van der Waals surface area contributed by atoms with Crippen LogP contribution in [0.4, 0.5) is 5.95 Å². The summed E-state index contributed by atoms with van der Waals surface area (Å²) in [5.74, 6) is 0.276. The number of benzene rings is 1. The van der Waals surface area contributed by atoms with Crippen molar-refractivity contribution >= 4 is 11.9 Å². The van der Waals surface area contributed by atoms with Gasteiger partial charge in [0.1, 0.15) is 0 Å². The van der Waals surface area contributed by atoms with Crippen molar-refractivity contribution in [1.29, 1.82) is 0 Å². The third-order valence-electron chi connectivity index (χ3n) is 3.81. The van der Waals surface area contributed by atoms with Gasteiger partial charge in [0.15, 0.2) is 0 Å². The molecule has 0 radical (unpaired) electrons. The number of rotatable bonds is 4. The number of hydrogen-bond acceptors (Lipinski definition) is 6. The van der Waals surface area contributed by atoms with E-state index in [1.54, 1.807) is 11.9 Å². The average Bonchev–Trinajstić information content (AvgIpc) is 3.16. The summed E-state index contributed by atoms with van der Waals surface area (Å²) < 4.78 is 0. The van der Waals surface area contributed by atoms with E-state index in [9.17, 15) is 4.79 Å². The minimum absolute atomic E-state index is 0.0723. The zero-order chi connectivity index (χ0) is 15.5. The molecule has 1 aromatic carbocycles. The van der Waals surface area contributed by atoms with E-state index in [4.69, 9.17) is 5.73 Å². The van der Waals surface area contributed by atoms with Gasteiger partial charge in [-0.1, -0.05) is 30.3 Å². The Morgan fingerprint density at radius 1 is 1.41 bits per heavy atom. The lowest BCUT2D eigenvalue weighted by molar-refractivity contribution is 0.0760. The average molecular weight is 301 g/mol. The Balaban J connectivity index is 1.68.